The predicted octanol–water partition coefficient (Wildman–Crippen LogP) is 0.337. The molecule has 0 saturated carbocycles. The maximum atomic E-state index is 5.16. The normalized spacial score (nSPS) is 31.1. The van der Waals surface area contributed by atoms with Gasteiger partial charge in [-0.3, -0.25) is 0 Å². The van der Waals surface area contributed by atoms with Gasteiger partial charge in [0.1, 0.15) is 5.60 Å². The van der Waals surface area contributed by atoms with E-state index < -0.39 is 0 Å². The molecule has 0 bridgehead atoms. The van der Waals surface area contributed by atoms with E-state index in [9.17, 15) is 0 Å². The summed E-state index contributed by atoms with van der Waals surface area (Å²) in [5.41, 5.74) is 0.370. The third-order valence-electron chi connectivity index (χ3n) is 1.67. The van der Waals surface area contributed by atoms with Crippen LogP contribution in [0, 0.1) is 0 Å². The summed E-state index contributed by atoms with van der Waals surface area (Å²) < 4.78 is 5.16. The molecule has 0 aromatic heterocycles. The first-order valence-corrected chi connectivity index (χ1v) is 2.63. The maximum absolute atomic E-state index is 5.16. The van der Waals surface area contributed by atoms with Crippen molar-refractivity contribution in [3.8, 4) is 0 Å². The first-order valence-electron chi connectivity index (χ1n) is 2.63. The van der Waals surface area contributed by atoms with E-state index in [4.69, 9.17) is 4.74 Å². The number of likely N-dealkylation sites (tertiary alicyclic amines) is 1. The highest BCUT2D eigenvalue weighted by Crippen LogP contribution is 2.35. The van der Waals surface area contributed by atoms with Crippen LogP contribution in [0.5, 0.6) is 0 Å². The van der Waals surface area contributed by atoms with Gasteiger partial charge in [0.15, 0.2) is 0 Å². The molecule has 2 aliphatic heterocycles. The van der Waals surface area contributed by atoms with Crippen LogP contribution in [0.15, 0.2) is 0 Å². The van der Waals surface area contributed by atoms with Crippen molar-refractivity contribution in [3.63, 3.8) is 0 Å². The number of rotatable bonds is 0. The fourth-order valence-electron chi connectivity index (χ4n) is 1.22. The Morgan fingerprint density at radius 1 is 1.50 bits per heavy atom. The van der Waals surface area contributed by atoms with Crippen LogP contribution in [0.4, 0.5) is 0 Å². The van der Waals surface area contributed by atoms with Gasteiger partial charge in [0, 0.05) is 13.1 Å². The van der Waals surface area contributed by atoms with Crippen LogP contribution in [-0.4, -0.2) is 37.2 Å². The fraction of sp³-hybridized carbons (Fsp3) is 1.00. The maximum Gasteiger partial charge on any atom is 0.117 e. The van der Waals surface area contributed by atoms with Crippen LogP contribution >= 0.6 is 0 Å². The summed E-state index contributed by atoms with van der Waals surface area (Å²) in [6, 6.07) is 0. The molecule has 0 aliphatic carbocycles. The molecule has 2 aliphatic rings. The van der Waals surface area contributed by atoms with E-state index in [0.29, 0.717) is 5.60 Å². The summed E-state index contributed by atoms with van der Waals surface area (Å²) in [5, 5.41) is 0. The zero-order chi connectivity index (χ0) is 4.91. The molecular formula is C6H13NO. The summed E-state index contributed by atoms with van der Waals surface area (Å²) in [4.78, 5) is 2.27. The van der Waals surface area contributed by atoms with Crippen molar-refractivity contribution in [1.29, 1.82) is 0 Å². The Morgan fingerprint density at radius 3 is 2.12 bits per heavy atom. The molecule has 2 nitrogen and oxygen atoms in total. The van der Waals surface area contributed by atoms with Gasteiger partial charge in [0.2, 0.25) is 0 Å². The SMILES string of the molecule is C.CN1CC2(CO2)C1. The third-order valence-corrected chi connectivity index (χ3v) is 1.67. The van der Waals surface area contributed by atoms with E-state index in [1.54, 1.807) is 0 Å². The van der Waals surface area contributed by atoms with Crippen LogP contribution in [0.2, 0.25) is 0 Å². The van der Waals surface area contributed by atoms with Crippen molar-refractivity contribution in [2.24, 2.45) is 0 Å². The minimum atomic E-state index is 0. The van der Waals surface area contributed by atoms with E-state index in [1.165, 1.54) is 0 Å². The van der Waals surface area contributed by atoms with E-state index in [-0.39, 0.29) is 7.43 Å². The molecule has 0 radical (unpaired) electrons. The average Bonchev–Trinajstić information content (AvgIpc) is 2.14. The lowest BCUT2D eigenvalue weighted by molar-refractivity contribution is 0.0870. The molecule has 2 heteroatoms. The molecule has 0 aromatic carbocycles. The summed E-state index contributed by atoms with van der Waals surface area (Å²) in [7, 11) is 2.12. The Balaban J connectivity index is 0.000000320. The second-order valence-corrected chi connectivity index (χ2v) is 2.64. The Hall–Kier alpha value is -0.0800. The Labute approximate surface area is 50.4 Å². The van der Waals surface area contributed by atoms with Crippen molar-refractivity contribution >= 4 is 0 Å². The van der Waals surface area contributed by atoms with Crippen molar-refractivity contribution in [1.82, 2.24) is 4.90 Å². The van der Waals surface area contributed by atoms with Crippen molar-refractivity contribution in [3.05, 3.63) is 0 Å². The molecule has 2 heterocycles. The highest BCUT2D eigenvalue weighted by Gasteiger charge is 2.53. The third kappa shape index (κ3) is 0.644. The lowest BCUT2D eigenvalue weighted by Gasteiger charge is -2.33. The monoisotopic (exact) mass is 115 g/mol. The molecule has 0 atom stereocenters. The smallest absolute Gasteiger partial charge is 0.117 e. The fourth-order valence-corrected chi connectivity index (χ4v) is 1.22. The van der Waals surface area contributed by atoms with Gasteiger partial charge in [-0.15, -0.1) is 0 Å². The topological polar surface area (TPSA) is 15.8 Å². The molecule has 48 valence electrons. The van der Waals surface area contributed by atoms with Crippen LogP contribution < -0.4 is 0 Å². The van der Waals surface area contributed by atoms with E-state index in [1.807, 2.05) is 0 Å². The molecule has 0 aromatic rings. The zero-order valence-electron chi connectivity index (χ0n) is 4.48. The number of hydrogen-bond donors (Lipinski definition) is 0. The molecule has 0 amide bonds. The Kier molecular flexibility index (Phi) is 1.10. The summed E-state index contributed by atoms with van der Waals surface area (Å²) in [6.45, 7) is 3.33. The van der Waals surface area contributed by atoms with E-state index in [0.717, 1.165) is 19.7 Å². The largest absolute Gasteiger partial charge is 0.367 e. The molecule has 0 N–H and O–H groups in total. The molecule has 0 unspecified atom stereocenters. The van der Waals surface area contributed by atoms with Crippen LogP contribution in [0.1, 0.15) is 7.43 Å². The number of nitrogens with zero attached hydrogens (tertiary/aromatic N) is 1. The van der Waals surface area contributed by atoms with Gasteiger partial charge in [-0.1, -0.05) is 7.43 Å². The molecule has 2 saturated heterocycles. The van der Waals surface area contributed by atoms with Crippen LogP contribution in [0.25, 0.3) is 0 Å². The van der Waals surface area contributed by atoms with Crippen LogP contribution in [0.3, 0.4) is 0 Å². The van der Waals surface area contributed by atoms with E-state index in [2.05, 4.69) is 11.9 Å². The highest BCUT2D eigenvalue weighted by molar-refractivity contribution is 5.04. The summed E-state index contributed by atoms with van der Waals surface area (Å²) >= 11 is 0. The quantitative estimate of drug-likeness (QED) is 0.423. The highest BCUT2D eigenvalue weighted by atomic mass is 16.6. The number of hydrogen-bond acceptors (Lipinski definition) is 2. The van der Waals surface area contributed by atoms with Gasteiger partial charge in [-0.25, -0.2) is 0 Å². The number of likely N-dealkylation sites (N-methyl/N-ethyl adjacent to an activating group) is 1. The van der Waals surface area contributed by atoms with Crippen LogP contribution in [-0.2, 0) is 4.74 Å². The molecule has 8 heavy (non-hydrogen) atoms. The van der Waals surface area contributed by atoms with Crippen molar-refractivity contribution in [2.75, 3.05) is 26.7 Å². The first-order chi connectivity index (χ1) is 3.31. The van der Waals surface area contributed by atoms with Gasteiger partial charge < -0.3 is 9.64 Å². The van der Waals surface area contributed by atoms with Gasteiger partial charge >= 0.3 is 0 Å². The first kappa shape index (κ1) is 6.05. The van der Waals surface area contributed by atoms with Gasteiger partial charge in [0.25, 0.3) is 0 Å². The van der Waals surface area contributed by atoms with Gasteiger partial charge in [-0.2, -0.15) is 0 Å². The Bertz CT molecular complexity index is 90.7. The van der Waals surface area contributed by atoms with Crippen molar-refractivity contribution in [2.45, 2.75) is 13.0 Å². The molecule has 2 rings (SSSR count). The minimum Gasteiger partial charge on any atom is -0.367 e. The molecule has 1 spiro atoms. The second kappa shape index (κ2) is 1.45. The zero-order valence-corrected chi connectivity index (χ0v) is 4.48. The molecular weight excluding hydrogens is 102 g/mol. The van der Waals surface area contributed by atoms with Gasteiger partial charge in [0.05, 0.1) is 6.61 Å². The Morgan fingerprint density at radius 2 is 2.00 bits per heavy atom. The van der Waals surface area contributed by atoms with Crippen molar-refractivity contribution < 1.29 is 4.74 Å². The average molecular weight is 115 g/mol. The number of ether oxygens (including phenoxy) is 1. The molecule has 2 fully saturated rings. The summed E-state index contributed by atoms with van der Waals surface area (Å²) in [5.74, 6) is 0. The second-order valence-electron chi connectivity index (χ2n) is 2.64. The summed E-state index contributed by atoms with van der Waals surface area (Å²) in [6.07, 6.45) is 0. The lowest BCUT2D eigenvalue weighted by Crippen LogP contribution is -2.51. The predicted molar refractivity (Wildman–Crippen MR) is 32.9 cm³/mol. The van der Waals surface area contributed by atoms with E-state index >= 15 is 0 Å². The lowest BCUT2D eigenvalue weighted by atomic mass is 10.0. The number of epoxide rings is 1. The standard InChI is InChI=1S/C5H9NO.CH4/c1-6-2-5(3-6)4-7-5;/h2-4H2,1H3;1H4. The van der Waals surface area contributed by atoms with Gasteiger partial charge in [-0.05, 0) is 7.05 Å². The minimum absolute atomic E-state index is 0.